The summed E-state index contributed by atoms with van der Waals surface area (Å²) in [7, 11) is 1.65. The number of ether oxygens (including phenoxy) is 1. The Kier molecular flexibility index (Phi) is 3.75. The summed E-state index contributed by atoms with van der Waals surface area (Å²) in [5.74, 6) is 1.82. The van der Waals surface area contributed by atoms with E-state index in [1.54, 1.807) is 19.4 Å². The fourth-order valence-corrected chi connectivity index (χ4v) is 3.57. The van der Waals surface area contributed by atoms with Crippen LogP contribution in [0, 0.1) is 0 Å². The normalized spacial score (nSPS) is 14.9. The lowest BCUT2D eigenvalue weighted by atomic mass is 9.95. The van der Waals surface area contributed by atoms with Gasteiger partial charge in [-0.3, -0.25) is 4.79 Å². The molecule has 2 heterocycles. The van der Waals surface area contributed by atoms with Gasteiger partial charge < -0.3 is 9.26 Å². The Balaban J connectivity index is 1.46. The van der Waals surface area contributed by atoms with Crippen molar-refractivity contribution < 1.29 is 9.26 Å². The van der Waals surface area contributed by atoms with E-state index in [4.69, 9.17) is 9.26 Å². The molecule has 140 valence electrons. The smallest absolute Gasteiger partial charge is 0.275 e. The Morgan fingerprint density at radius 1 is 1.18 bits per heavy atom. The lowest BCUT2D eigenvalue weighted by Crippen LogP contribution is -2.23. The minimum absolute atomic E-state index is 0.144. The Morgan fingerprint density at radius 2 is 2.04 bits per heavy atom. The quantitative estimate of drug-likeness (QED) is 0.534. The van der Waals surface area contributed by atoms with Gasteiger partial charge in [0.25, 0.3) is 5.56 Å². The molecule has 2 aromatic heterocycles. The molecule has 0 radical (unpaired) electrons. The predicted octanol–water partition coefficient (Wildman–Crippen LogP) is 2.92. The Morgan fingerprint density at radius 3 is 2.86 bits per heavy atom. The third-order valence-corrected chi connectivity index (χ3v) is 5.32. The van der Waals surface area contributed by atoms with Crippen molar-refractivity contribution in [1.82, 2.24) is 19.9 Å². The van der Waals surface area contributed by atoms with Gasteiger partial charge in [-0.25, -0.2) is 4.68 Å². The molecule has 0 bridgehead atoms. The summed E-state index contributed by atoms with van der Waals surface area (Å²) in [5, 5.41) is 9.86. The van der Waals surface area contributed by atoms with E-state index in [0.717, 1.165) is 29.5 Å². The van der Waals surface area contributed by atoms with E-state index in [1.807, 2.05) is 36.4 Å². The summed E-state index contributed by atoms with van der Waals surface area (Å²) in [5.41, 5.74) is 0.699. The van der Waals surface area contributed by atoms with Crippen molar-refractivity contribution in [3.05, 3.63) is 82.4 Å². The largest absolute Gasteiger partial charge is 0.497 e. The van der Waals surface area contributed by atoms with Gasteiger partial charge in [-0.15, -0.1) is 0 Å². The van der Waals surface area contributed by atoms with E-state index >= 15 is 0 Å². The first-order chi connectivity index (χ1) is 13.7. The van der Waals surface area contributed by atoms with Crippen LogP contribution in [0.25, 0.3) is 10.8 Å². The molecule has 1 aliphatic carbocycles. The van der Waals surface area contributed by atoms with Gasteiger partial charge in [0.1, 0.15) is 12.3 Å². The van der Waals surface area contributed by atoms with Crippen molar-refractivity contribution in [2.75, 3.05) is 7.11 Å². The molecule has 0 unspecified atom stereocenters. The molecule has 1 aliphatic rings. The average Bonchev–Trinajstić information content (AvgIpc) is 3.42. The predicted molar refractivity (Wildman–Crippen MR) is 102 cm³/mol. The highest BCUT2D eigenvalue weighted by Gasteiger charge is 2.50. The maximum atomic E-state index is 12.6. The van der Waals surface area contributed by atoms with E-state index in [-0.39, 0.29) is 17.5 Å². The van der Waals surface area contributed by atoms with Crippen LogP contribution in [0.15, 0.2) is 64.0 Å². The van der Waals surface area contributed by atoms with E-state index < -0.39 is 0 Å². The lowest BCUT2D eigenvalue weighted by Gasteiger charge is -2.12. The lowest BCUT2D eigenvalue weighted by molar-refractivity contribution is 0.357. The molecule has 7 nitrogen and oxygen atoms in total. The molecule has 7 heteroatoms. The molecule has 0 aliphatic heterocycles. The third kappa shape index (κ3) is 2.67. The van der Waals surface area contributed by atoms with Crippen LogP contribution < -0.4 is 10.3 Å². The fraction of sp³-hybridized carbons (Fsp3) is 0.238. The highest BCUT2D eigenvalue weighted by atomic mass is 16.5. The number of methoxy groups -OCH3 is 1. The molecule has 28 heavy (non-hydrogen) atoms. The number of hydrogen-bond donors (Lipinski definition) is 0. The minimum atomic E-state index is -0.238. The van der Waals surface area contributed by atoms with Crippen molar-refractivity contribution in [3.8, 4) is 5.75 Å². The summed E-state index contributed by atoms with van der Waals surface area (Å²) in [6.45, 7) is 0.144. The zero-order valence-corrected chi connectivity index (χ0v) is 15.3. The number of rotatable bonds is 5. The van der Waals surface area contributed by atoms with Crippen LogP contribution in [0.4, 0.5) is 0 Å². The maximum Gasteiger partial charge on any atom is 0.275 e. The first-order valence-corrected chi connectivity index (χ1v) is 9.12. The monoisotopic (exact) mass is 374 g/mol. The SMILES string of the molecule is COc1cccc(C2(c3noc(Cn4ncc5ccccc5c4=O)n3)CC2)c1. The zero-order chi connectivity index (χ0) is 19.1. The summed E-state index contributed by atoms with van der Waals surface area (Å²) in [6.07, 6.45) is 3.58. The molecule has 0 amide bonds. The van der Waals surface area contributed by atoms with E-state index in [2.05, 4.69) is 21.3 Å². The van der Waals surface area contributed by atoms with Gasteiger partial charge in [0.2, 0.25) is 5.89 Å². The number of fused-ring (bicyclic) bond motifs is 1. The molecule has 0 saturated heterocycles. The molecule has 0 atom stereocenters. The molecular weight excluding hydrogens is 356 g/mol. The summed E-state index contributed by atoms with van der Waals surface area (Å²) in [4.78, 5) is 17.2. The van der Waals surface area contributed by atoms with Crippen molar-refractivity contribution in [1.29, 1.82) is 0 Å². The van der Waals surface area contributed by atoms with Crippen molar-refractivity contribution in [2.24, 2.45) is 0 Å². The van der Waals surface area contributed by atoms with Crippen molar-refractivity contribution in [2.45, 2.75) is 24.8 Å². The average molecular weight is 374 g/mol. The molecule has 4 aromatic rings. The Labute approximate surface area is 160 Å². The van der Waals surface area contributed by atoms with Gasteiger partial charge in [-0.1, -0.05) is 35.5 Å². The Hall–Kier alpha value is -3.48. The minimum Gasteiger partial charge on any atom is -0.497 e. The first-order valence-electron chi connectivity index (χ1n) is 9.12. The van der Waals surface area contributed by atoms with Crippen LogP contribution >= 0.6 is 0 Å². The van der Waals surface area contributed by atoms with Crippen molar-refractivity contribution in [3.63, 3.8) is 0 Å². The molecule has 0 spiro atoms. The van der Waals surface area contributed by atoms with Crippen LogP contribution in [0.1, 0.15) is 30.1 Å². The molecule has 2 aromatic carbocycles. The van der Waals surface area contributed by atoms with Gasteiger partial charge in [0.05, 0.1) is 24.1 Å². The van der Waals surface area contributed by atoms with Crippen LogP contribution in [-0.2, 0) is 12.0 Å². The number of hydrogen-bond acceptors (Lipinski definition) is 6. The second kappa shape index (κ2) is 6.30. The standard InChI is InChI=1S/C21H18N4O3/c1-27-16-7-4-6-15(11-16)21(9-10-21)20-23-18(28-24-20)13-25-19(26)17-8-3-2-5-14(17)12-22-25/h2-8,11-12H,9-10,13H2,1H3. The first kappa shape index (κ1) is 16.7. The summed E-state index contributed by atoms with van der Waals surface area (Å²) in [6, 6.07) is 15.3. The van der Waals surface area contributed by atoms with E-state index in [1.165, 1.54) is 4.68 Å². The second-order valence-electron chi connectivity index (χ2n) is 7.02. The van der Waals surface area contributed by atoms with E-state index in [0.29, 0.717) is 17.1 Å². The number of aromatic nitrogens is 4. The molecule has 1 fully saturated rings. The Bertz CT molecular complexity index is 1220. The van der Waals surface area contributed by atoms with Crippen LogP contribution in [0.5, 0.6) is 5.75 Å². The highest BCUT2D eigenvalue weighted by Crippen LogP contribution is 2.52. The summed E-state index contributed by atoms with van der Waals surface area (Å²) >= 11 is 0. The maximum absolute atomic E-state index is 12.6. The highest BCUT2D eigenvalue weighted by molar-refractivity contribution is 5.80. The van der Waals surface area contributed by atoms with Gasteiger partial charge in [-0.05, 0) is 36.6 Å². The second-order valence-corrected chi connectivity index (χ2v) is 7.02. The van der Waals surface area contributed by atoms with Gasteiger partial charge >= 0.3 is 0 Å². The molecule has 1 saturated carbocycles. The topological polar surface area (TPSA) is 83.0 Å². The zero-order valence-electron chi connectivity index (χ0n) is 15.3. The van der Waals surface area contributed by atoms with Gasteiger partial charge in [0.15, 0.2) is 5.82 Å². The molecule has 0 N–H and O–H groups in total. The number of nitrogens with zero attached hydrogens (tertiary/aromatic N) is 4. The van der Waals surface area contributed by atoms with Gasteiger partial charge in [-0.2, -0.15) is 10.1 Å². The van der Waals surface area contributed by atoms with Gasteiger partial charge in [0, 0.05) is 5.39 Å². The van der Waals surface area contributed by atoms with Crippen molar-refractivity contribution >= 4 is 10.8 Å². The van der Waals surface area contributed by atoms with Crippen LogP contribution in [0.2, 0.25) is 0 Å². The molecular formula is C21H18N4O3. The van der Waals surface area contributed by atoms with Crippen LogP contribution in [-0.4, -0.2) is 27.0 Å². The van der Waals surface area contributed by atoms with E-state index in [9.17, 15) is 4.79 Å². The summed E-state index contributed by atoms with van der Waals surface area (Å²) < 4.78 is 12.1. The fourth-order valence-electron chi connectivity index (χ4n) is 3.57. The number of benzene rings is 2. The molecule has 5 rings (SSSR count). The third-order valence-electron chi connectivity index (χ3n) is 5.32. The van der Waals surface area contributed by atoms with Crippen LogP contribution in [0.3, 0.4) is 0 Å².